The molecule has 0 saturated carbocycles. The quantitative estimate of drug-likeness (QED) is 0.863. The van der Waals surface area contributed by atoms with Crippen LogP contribution >= 0.6 is 0 Å². The molecule has 2 aliphatic heterocycles. The van der Waals surface area contributed by atoms with E-state index < -0.39 is 0 Å². The van der Waals surface area contributed by atoms with Gasteiger partial charge in [-0.1, -0.05) is 18.2 Å². The number of amides is 1. The number of carbonyl (C=O) groups excluding carboxylic acids is 1. The third kappa shape index (κ3) is 4.17. The second-order valence-corrected chi connectivity index (χ2v) is 7.86. The molecule has 0 aromatic heterocycles. The van der Waals surface area contributed by atoms with Crippen LogP contribution in [-0.2, 0) is 0 Å². The highest BCUT2D eigenvalue weighted by molar-refractivity contribution is 5.97. The van der Waals surface area contributed by atoms with Crippen molar-refractivity contribution in [2.45, 2.75) is 19.9 Å². The van der Waals surface area contributed by atoms with Crippen LogP contribution in [0.1, 0.15) is 34.5 Å². The summed E-state index contributed by atoms with van der Waals surface area (Å²) in [5.41, 5.74) is 3.73. The summed E-state index contributed by atoms with van der Waals surface area (Å²) in [7, 11) is 2.14. The van der Waals surface area contributed by atoms with E-state index in [0.717, 1.165) is 60.1 Å². The molecule has 1 fully saturated rings. The van der Waals surface area contributed by atoms with Crippen LogP contribution in [-0.4, -0.2) is 57.2 Å². The number of fused-ring (bicyclic) bond motifs is 1. The number of carbonyl (C=O) groups is 1. The third-order valence-electron chi connectivity index (χ3n) is 5.74. The molecule has 2 heterocycles. The minimum absolute atomic E-state index is 0.0692. The third-order valence-corrected chi connectivity index (χ3v) is 5.74. The van der Waals surface area contributed by atoms with Gasteiger partial charge in [0.25, 0.3) is 5.91 Å². The summed E-state index contributed by atoms with van der Waals surface area (Å²) in [6, 6.07) is 11.8. The van der Waals surface area contributed by atoms with Crippen molar-refractivity contribution in [1.82, 2.24) is 10.2 Å². The van der Waals surface area contributed by atoms with E-state index >= 15 is 0 Å². The van der Waals surface area contributed by atoms with Crippen LogP contribution in [0, 0.1) is 6.92 Å². The Morgan fingerprint density at radius 1 is 1.07 bits per heavy atom. The number of hydrogen-bond acceptors (Lipinski definition) is 5. The summed E-state index contributed by atoms with van der Waals surface area (Å²) in [4.78, 5) is 17.8. The van der Waals surface area contributed by atoms with Crippen LogP contribution in [0.5, 0.6) is 11.5 Å². The molecule has 0 aliphatic carbocycles. The average molecular weight is 396 g/mol. The Hall–Kier alpha value is -2.73. The molecule has 6 nitrogen and oxygen atoms in total. The topological polar surface area (TPSA) is 54.0 Å². The molecule has 4 rings (SSSR count). The highest BCUT2D eigenvalue weighted by Crippen LogP contribution is 2.37. The summed E-state index contributed by atoms with van der Waals surface area (Å²) in [6.07, 6.45) is 0. The van der Waals surface area contributed by atoms with Crippen molar-refractivity contribution >= 4 is 11.6 Å². The van der Waals surface area contributed by atoms with E-state index in [1.54, 1.807) is 0 Å². The van der Waals surface area contributed by atoms with Crippen LogP contribution in [0.15, 0.2) is 36.4 Å². The normalized spacial score (nSPS) is 17.7. The van der Waals surface area contributed by atoms with Gasteiger partial charge in [0.05, 0.1) is 6.04 Å². The number of ether oxygens (including phenoxy) is 2. The zero-order chi connectivity index (χ0) is 20.4. The average Bonchev–Trinajstić information content (AvgIpc) is 2.74. The molecule has 0 bridgehead atoms. The van der Waals surface area contributed by atoms with Gasteiger partial charge in [-0.3, -0.25) is 4.79 Å². The number of rotatable bonds is 4. The Morgan fingerprint density at radius 3 is 2.62 bits per heavy atom. The van der Waals surface area contributed by atoms with Gasteiger partial charge in [-0.25, -0.2) is 0 Å². The molecule has 154 valence electrons. The zero-order valence-electron chi connectivity index (χ0n) is 17.4. The fourth-order valence-corrected chi connectivity index (χ4v) is 3.91. The number of benzene rings is 2. The van der Waals surface area contributed by atoms with Gasteiger partial charge in [-0.2, -0.15) is 0 Å². The van der Waals surface area contributed by atoms with Crippen LogP contribution in [0.3, 0.4) is 0 Å². The number of nitrogens with one attached hydrogen (secondary N) is 1. The lowest BCUT2D eigenvalue weighted by atomic mass is 10.0. The first-order chi connectivity index (χ1) is 14.0. The van der Waals surface area contributed by atoms with Gasteiger partial charge >= 0.3 is 0 Å². The Morgan fingerprint density at radius 2 is 1.83 bits per heavy atom. The lowest BCUT2D eigenvalue weighted by molar-refractivity contribution is 0.0937. The highest BCUT2D eigenvalue weighted by atomic mass is 16.6. The van der Waals surface area contributed by atoms with E-state index in [9.17, 15) is 4.79 Å². The minimum Gasteiger partial charge on any atom is -0.486 e. The monoisotopic (exact) mass is 395 g/mol. The number of para-hydroxylation sites is 1. The Balaban J connectivity index is 1.52. The van der Waals surface area contributed by atoms with Crippen molar-refractivity contribution in [2.24, 2.45) is 0 Å². The standard InChI is InChI=1S/C23H29N3O3/c1-16-7-8-18(26-11-9-25(3)10-12-26)15-20(16)23(27)24-17(2)19-5-4-6-21-22(19)29-14-13-28-21/h4-8,15,17H,9-14H2,1-3H3,(H,24,27)/t17-/m1/s1. The van der Waals surface area contributed by atoms with Crippen molar-refractivity contribution in [3.8, 4) is 11.5 Å². The first-order valence-electron chi connectivity index (χ1n) is 10.3. The van der Waals surface area contributed by atoms with E-state index in [-0.39, 0.29) is 11.9 Å². The Kier molecular flexibility index (Phi) is 5.62. The predicted molar refractivity (Wildman–Crippen MR) is 114 cm³/mol. The molecule has 1 saturated heterocycles. The molecule has 29 heavy (non-hydrogen) atoms. The van der Waals surface area contributed by atoms with Gasteiger partial charge in [0.2, 0.25) is 0 Å². The van der Waals surface area contributed by atoms with Gasteiger partial charge in [0.15, 0.2) is 11.5 Å². The number of likely N-dealkylation sites (N-methyl/N-ethyl adjacent to an activating group) is 1. The summed E-state index contributed by atoms with van der Waals surface area (Å²) in [5, 5.41) is 3.14. The molecule has 2 aromatic rings. The van der Waals surface area contributed by atoms with Gasteiger partial charge in [0, 0.05) is 43.0 Å². The number of aryl methyl sites for hydroxylation is 1. The van der Waals surface area contributed by atoms with Crippen LogP contribution < -0.4 is 19.7 Å². The van der Waals surface area contributed by atoms with Crippen molar-refractivity contribution in [2.75, 3.05) is 51.3 Å². The van der Waals surface area contributed by atoms with Crippen molar-refractivity contribution in [1.29, 1.82) is 0 Å². The van der Waals surface area contributed by atoms with Gasteiger partial charge in [-0.05, 0) is 44.7 Å². The molecule has 0 spiro atoms. The first-order valence-corrected chi connectivity index (χ1v) is 10.3. The lowest BCUT2D eigenvalue weighted by Gasteiger charge is -2.34. The summed E-state index contributed by atoms with van der Waals surface area (Å²) < 4.78 is 11.5. The number of piperazine rings is 1. The molecule has 0 unspecified atom stereocenters. The van der Waals surface area contributed by atoms with Crippen molar-refractivity contribution in [3.63, 3.8) is 0 Å². The molecular formula is C23H29N3O3. The number of anilines is 1. The molecule has 2 aliphatic rings. The maximum absolute atomic E-state index is 13.1. The lowest BCUT2D eigenvalue weighted by Crippen LogP contribution is -2.44. The second kappa shape index (κ2) is 8.33. The molecule has 6 heteroatoms. The van der Waals surface area contributed by atoms with Crippen LogP contribution in [0.25, 0.3) is 0 Å². The fraction of sp³-hybridized carbons (Fsp3) is 0.435. The summed E-state index contributed by atoms with van der Waals surface area (Å²) in [5.74, 6) is 1.40. The number of nitrogens with zero attached hydrogens (tertiary/aromatic N) is 2. The molecule has 1 amide bonds. The molecule has 1 N–H and O–H groups in total. The maximum atomic E-state index is 13.1. The van der Waals surface area contributed by atoms with E-state index in [1.165, 1.54) is 0 Å². The van der Waals surface area contributed by atoms with E-state index in [4.69, 9.17) is 9.47 Å². The van der Waals surface area contributed by atoms with Gasteiger partial charge in [-0.15, -0.1) is 0 Å². The molecular weight excluding hydrogens is 366 g/mol. The summed E-state index contributed by atoms with van der Waals surface area (Å²) >= 11 is 0. The first kappa shape index (κ1) is 19.6. The van der Waals surface area contributed by atoms with E-state index in [1.807, 2.05) is 44.2 Å². The van der Waals surface area contributed by atoms with E-state index in [2.05, 4.69) is 28.2 Å². The van der Waals surface area contributed by atoms with Gasteiger partial charge in [0.1, 0.15) is 13.2 Å². The largest absolute Gasteiger partial charge is 0.486 e. The predicted octanol–water partition coefficient (Wildman–Crippen LogP) is 3.01. The number of hydrogen-bond donors (Lipinski definition) is 1. The molecule has 1 atom stereocenters. The highest BCUT2D eigenvalue weighted by Gasteiger charge is 2.22. The summed E-state index contributed by atoms with van der Waals surface area (Å²) in [6.45, 7) is 9.06. The Bertz CT molecular complexity index is 891. The SMILES string of the molecule is Cc1ccc(N2CCN(C)CC2)cc1C(=O)N[C@H](C)c1cccc2c1OCCO2. The van der Waals surface area contributed by atoms with Crippen molar-refractivity contribution < 1.29 is 14.3 Å². The Labute approximate surface area is 172 Å². The van der Waals surface area contributed by atoms with Gasteiger partial charge < -0.3 is 24.6 Å². The molecule has 0 radical (unpaired) electrons. The molecule has 2 aromatic carbocycles. The van der Waals surface area contributed by atoms with Crippen LogP contribution in [0.2, 0.25) is 0 Å². The zero-order valence-corrected chi connectivity index (χ0v) is 17.4. The maximum Gasteiger partial charge on any atom is 0.252 e. The minimum atomic E-state index is -0.189. The van der Waals surface area contributed by atoms with Crippen molar-refractivity contribution in [3.05, 3.63) is 53.1 Å². The van der Waals surface area contributed by atoms with Crippen LogP contribution in [0.4, 0.5) is 5.69 Å². The smallest absolute Gasteiger partial charge is 0.252 e. The second-order valence-electron chi connectivity index (χ2n) is 7.86. The van der Waals surface area contributed by atoms with E-state index in [0.29, 0.717) is 13.2 Å². The fourth-order valence-electron chi connectivity index (χ4n) is 3.91.